The van der Waals surface area contributed by atoms with Gasteiger partial charge in [-0.25, -0.2) is 0 Å². The van der Waals surface area contributed by atoms with E-state index in [-0.39, 0.29) is 12.4 Å². The van der Waals surface area contributed by atoms with E-state index in [0.29, 0.717) is 0 Å². The second kappa shape index (κ2) is 8.83. The average Bonchev–Trinajstić information content (AvgIpc) is 1.37. The lowest BCUT2D eigenvalue weighted by molar-refractivity contribution is 0.432. The normalized spacial score (nSPS) is 5.00. The van der Waals surface area contributed by atoms with Gasteiger partial charge in [-0.05, 0) is 0 Å². The lowest BCUT2D eigenvalue weighted by Crippen LogP contribution is -1.63. The number of hydrogen-bond acceptors (Lipinski definition) is 1. The van der Waals surface area contributed by atoms with Gasteiger partial charge in [-0.3, -0.25) is 0 Å². The zero-order valence-corrected chi connectivity index (χ0v) is 4.71. The minimum Gasteiger partial charge on any atom is -0.353 e. The van der Waals surface area contributed by atoms with Gasteiger partial charge in [0.2, 0.25) is 0 Å². The predicted octanol–water partition coefficient (Wildman–Crippen LogP) is 0.957. The molecule has 32 valence electrons. The maximum atomic E-state index is 4.33. The van der Waals surface area contributed by atoms with Gasteiger partial charge in [0, 0.05) is 7.11 Å². The van der Waals surface area contributed by atoms with Crippen molar-refractivity contribution in [2.45, 2.75) is 0 Å². The highest BCUT2D eigenvalue weighted by Gasteiger charge is 1.39. The Bertz CT molecular complexity index is 23.6. The molecule has 0 N–H and O–H groups in total. The number of ether oxygens (including phenoxy) is 1. The lowest BCUT2D eigenvalue weighted by Gasteiger charge is -1.66. The van der Waals surface area contributed by atoms with Crippen LogP contribution in [0.3, 0.4) is 0 Å². The van der Waals surface area contributed by atoms with Crippen molar-refractivity contribution in [3.05, 3.63) is 0 Å². The van der Waals surface area contributed by atoms with E-state index in [1.165, 1.54) is 5.98 Å². The quantitative estimate of drug-likeness (QED) is 0.459. The van der Waals surface area contributed by atoms with E-state index in [1.807, 2.05) is 0 Å². The van der Waals surface area contributed by atoms with Crippen molar-refractivity contribution < 1.29 is 4.74 Å². The van der Waals surface area contributed by atoms with E-state index in [0.717, 1.165) is 0 Å². The highest BCUT2D eigenvalue weighted by atomic mass is 35.5. The number of halogens is 1. The van der Waals surface area contributed by atoms with E-state index in [2.05, 4.69) is 13.6 Å². The van der Waals surface area contributed by atoms with Gasteiger partial charge in [0.05, 0.1) is 5.98 Å². The van der Waals surface area contributed by atoms with Crippen LogP contribution >= 0.6 is 21.3 Å². The number of hydrogen-bond donors (Lipinski definition) is 0. The molecule has 0 saturated carbocycles. The van der Waals surface area contributed by atoms with Crippen molar-refractivity contribution >= 4 is 27.3 Å². The van der Waals surface area contributed by atoms with Gasteiger partial charge in [0.1, 0.15) is 0 Å². The molecule has 1 nitrogen and oxygen atoms in total. The fraction of sp³-hybridized carbons (Fsp3) is 0.500. The van der Waals surface area contributed by atoms with Crippen molar-refractivity contribution in [3.63, 3.8) is 0 Å². The third kappa shape index (κ3) is 12.8. The van der Waals surface area contributed by atoms with E-state index in [1.54, 1.807) is 7.11 Å². The smallest absolute Gasteiger partial charge is 0.0577 e. The molecule has 0 heterocycles. The molecule has 0 bridgehead atoms. The summed E-state index contributed by atoms with van der Waals surface area (Å²) in [5.74, 6) is 1.43. The van der Waals surface area contributed by atoms with Crippen LogP contribution in [-0.4, -0.2) is 13.1 Å². The molecule has 0 radical (unpaired) electrons. The van der Waals surface area contributed by atoms with E-state index in [9.17, 15) is 0 Å². The van der Waals surface area contributed by atoms with Crippen LogP contribution in [0, 0.1) is 0 Å². The molecule has 0 aromatic heterocycles. The van der Waals surface area contributed by atoms with Crippen LogP contribution in [0.1, 0.15) is 0 Å². The molecular weight excluding hydrogens is 106 g/mol. The first-order valence-corrected chi connectivity index (χ1v) is 1.51. The summed E-state index contributed by atoms with van der Waals surface area (Å²) >= 11 is 0. The zero-order chi connectivity index (χ0) is 3.41. The summed E-state index contributed by atoms with van der Waals surface area (Å²) in [6, 6.07) is 0. The van der Waals surface area contributed by atoms with Gasteiger partial charge >= 0.3 is 0 Å². The van der Waals surface area contributed by atoms with Crippen molar-refractivity contribution in [1.82, 2.24) is 0 Å². The molecule has 5 heavy (non-hydrogen) atoms. The Labute approximate surface area is 40.0 Å². The van der Waals surface area contributed by atoms with E-state index >= 15 is 0 Å². The van der Waals surface area contributed by atoms with Gasteiger partial charge in [0.15, 0.2) is 0 Å². The molecule has 0 aromatic carbocycles. The summed E-state index contributed by atoms with van der Waals surface area (Å²) < 4.78 is 4.33. The maximum absolute atomic E-state index is 4.33. The Morgan fingerprint density at radius 1 is 1.80 bits per heavy atom. The highest BCUT2D eigenvalue weighted by molar-refractivity contribution is 7.17. The molecule has 0 aliphatic carbocycles. The van der Waals surface area contributed by atoms with Crippen LogP contribution in [0.5, 0.6) is 0 Å². The molecule has 0 saturated heterocycles. The summed E-state index contributed by atoms with van der Waals surface area (Å²) in [6.45, 7) is 0. The van der Waals surface area contributed by atoms with Gasteiger partial charge < -0.3 is 4.74 Å². The first kappa shape index (κ1) is 9.05. The molecule has 0 spiro atoms. The predicted molar refractivity (Wildman–Crippen MR) is 28.6 cm³/mol. The van der Waals surface area contributed by atoms with Crippen LogP contribution in [0.15, 0.2) is 0 Å². The largest absolute Gasteiger partial charge is 0.353 e. The van der Waals surface area contributed by atoms with Gasteiger partial charge in [0.25, 0.3) is 0 Å². The van der Waals surface area contributed by atoms with Crippen LogP contribution in [0.4, 0.5) is 0 Å². The number of rotatable bonds is 1. The number of methoxy groups -OCH3 is 1. The monoisotopic (exact) mass is 112 g/mol. The Balaban J connectivity index is 0. The minimum atomic E-state index is 0. The summed E-state index contributed by atoms with van der Waals surface area (Å²) in [7, 11) is 4.52. The van der Waals surface area contributed by atoms with Crippen molar-refractivity contribution in [1.29, 1.82) is 0 Å². The molecular formula is C2H6ClOP. The fourth-order valence-corrected chi connectivity index (χ4v) is 0. The highest BCUT2D eigenvalue weighted by Crippen LogP contribution is 1.51. The lowest BCUT2D eigenvalue weighted by atomic mass is 11.5. The van der Waals surface area contributed by atoms with Crippen LogP contribution in [-0.2, 0) is 4.74 Å². The third-order valence-electron chi connectivity index (χ3n) is 0.118. The average molecular weight is 112 g/mol. The Hall–Kier alpha value is 0.420. The molecule has 0 unspecified atom stereocenters. The van der Waals surface area contributed by atoms with Gasteiger partial charge in [-0.1, -0.05) is 8.86 Å². The summed E-state index contributed by atoms with van der Waals surface area (Å²) in [6.07, 6.45) is 0. The fourth-order valence-electron chi connectivity index (χ4n) is 0. The standard InChI is InChI=1S/C2H5OP.ClH/c1-3-2-4;/h2,4H,1H3;1H. The topological polar surface area (TPSA) is 9.23 Å². The third-order valence-corrected chi connectivity index (χ3v) is 0.354. The Morgan fingerprint density at radius 3 is 2.00 bits per heavy atom. The summed E-state index contributed by atoms with van der Waals surface area (Å²) in [5, 5.41) is 0. The molecule has 0 fully saturated rings. The van der Waals surface area contributed by atoms with Gasteiger partial charge in [-0.2, -0.15) is 0 Å². The first-order valence-electron chi connectivity index (χ1n) is 0.933. The second-order valence-electron chi connectivity index (χ2n) is 0.354. The van der Waals surface area contributed by atoms with Crippen molar-refractivity contribution in [3.8, 4) is 0 Å². The molecule has 0 aliphatic heterocycles. The van der Waals surface area contributed by atoms with Crippen LogP contribution < -0.4 is 0 Å². The Morgan fingerprint density at radius 2 is 2.00 bits per heavy atom. The van der Waals surface area contributed by atoms with Crippen molar-refractivity contribution in [2.75, 3.05) is 7.11 Å². The molecule has 3 heteroatoms. The molecule has 0 aliphatic rings. The minimum absolute atomic E-state index is 0. The molecule has 0 amide bonds. The summed E-state index contributed by atoms with van der Waals surface area (Å²) in [4.78, 5) is 0. The van der Waals surface area contributed by atoms with E-state index in [4.69, 9.17) is 0 Å². The van der Waals surface area contributed by atoms with Crippen LogP contribution in [0.25, 0.3) is 0 Å². The second-order valence-corrected chi connectivity index (χ2v) is 0.589. The Kier molecular flexibility index (Phi) is 16.0. The van der Waals surface area contributed by atoms with Crippen molar-refractivity contribution in [2.24, 2.45) is 0 Å². The molecule has 0 rings (SSSR count). The zero-order valence-electron chi connectivity index (χ0n) is 2.89. The molecule has 0 atom stereocenters. The van der Waals surface area contributed by atoms with Crippen LogP contribution in [0.2, 0.25) is 0 Å². The van der Waals surface area contributed by atoms with E-state index < -0.39 is 0 Å². The molecule has 0 aromatic rings. The summed E-state index contributed by atoms with van der Waals surface area (Å²) in [5.41, 5.74) is 0. The SMILES string of the molecule is COC=P.Cl. The van der Waals surface area contributed by atoms with Gasteiger partial charge in [-0.15, -0.1) is 12.4 Å². The first-order chi connectivity index (χ1) is 1.91. The maximum Gasteiger partial charge on any atom is 0.0577 e.